The van der Waals surface area contributed by atoms with E-state index in [0.717, 1.165) is 19.3 Å². The summed E-state index contributed by atoms with van der Waals surface area (Å²) in [6.07, 6.45) is 8.48. The zero-order chi connectivity index (χ0) is 26.8. The Kier molecular flexibility index (Phi) is 10.8. The summed E-state index contributed by atoms with van der Waals surface area (Å²) in [5, 5.41) is 0.483. The summed E-state index contributed by atoms with van der Waals surface area (Å²) in [4.78, 5) is 35.9. The molecule has 0 aliphatic rings. The molecule has 0 bridgehead atoms. The van der Waals surface area contributed by atoms with E-state index >= 15 is 0 Å². The van der Waals surface area contributed by atoms with Gasteiger partial charge in [0.1, 0.15) is 11.6 Å². The van der Waals surface area contributed by atoms with Crippen molar-refractivity contribution in [2.45, 2.75) is 71.3 Å². The van der Waals surface area contributed by atoms with Crippen LogP contribution < -0.4 is 5.56 Å². The molecule has 0 radical (unpaired) electrons. The molecule has 0 spiro atoms. The van der Waals surface area contributed by atoms with Crippen molar-refractivity contribution in [3.05, 3.63) is 70.5 Å². The van der Waals surface area contributed by atoms with E-state index in [-0.39, 0.29) is 17.3 Å². The monoisotopic (exact) mass is 508 g/mol. The predicted molar refractivity (Wildman–Crippen MR) is 149 cm³/mol. The van der Waals surface area contributed by atoms with Gasteiger partial charge in [-0.25, -0.2) is 9.37 Å². The van der Waals surface area contributed by atoms with Gasteiger partial charge in [-0.3, -0.25) is 14.2 Å². The number of hydrogen-bond acceptors (Lipinski definition) is 4. The molecule has 3 aromatic rings. The van der Waals surface area contributed by atoms with Crippen LogP contribution in [0.3, 0.4) is 0 Å². The molecule has 1 aromatic heterocycles. The number of halogens is 1. The molecular formula is C30H41FN4O2. The second kappa shape index (κ2) is 14.0. The van der Waals surface area contributed by atoms with Crippen molar-refractivity contribution in [2.75, 3.05) is 27.2 Å². The first-order valence-electron chi connectivity index (χ1n) is 13.5. The largest absolute Gasteiger partial charge is 0.331 e. The lowest BCUT2D eigenvalue weighted by molar-refractivity contribution is -0.133. The second-order valence-corrected chi connectivity index (χ2v) is 10.0. The molecule has 1 amide bonds. The summed E-state index contributed by atoms with van der Waals surface area (Å²) in [7, 11) is 3.96. The van der Waals surface area contributed by atoms with E-state index in [2.05, 4.69) is 6.92 Å². The number of para-hydroxylation sites is 1. The Morgan fingerprint density at radius 2 is 1.59 bits per heavy atom. The van der Waals surface area contributed by atoms with Gasteiger partial charge in [-0.05, 0) is 63.8 Å². The van der Waals surface area contributed by atoms with Gasteiger partial charge in [0, 0.05) is 19.5 Å². The number of unbranched alkanes of at least 4 members (excludes halogenated alkanes) is 6. The van der Waals surface area contributed by atoms with Crippen molar-refractivity contribution in [3.63, 3.8) is 0 Å². The summed E-state index contributed by atoms with van der Waals surface area (Å²) >= 11 is 0. The molecule has 0 aliphatic carbocycles. The van der Waals surface area contributed by atoms with Crippen LogP contribution in [0.1, 0.15) is 77.1 Å². The van der Waals surface area contributed by atoms with E-state index in [4.69, 9.17) is 4.98 Å². The topological polar surface area (TPSA) is 58.4 Å². The van der Waals surface area contributed by atoms with E-state index in [0.29, 0.717) is 41.9 Å². The molecule has 0 N–H and O–H groups in total. The fraction of sp³-hybridized carbons (Fsp3) is 0.500. The zero-order valence-corrected chi connectivity index (χ0v) is 22.8. The van der Waals surface area contributed by atoms with E-state index < -0.39 is 6.04 Å². The highest BCUT2D eigenvalue weighted by Crippen LogP contribution is 2.24. The zero-order valence-electron chi connectivity index (χ0n) is 22.8. The fourth-order valence-corrected chi connectivity index (χ4v) is 4.63. The number of carbonyl (C=O) groups excluding carboxylic acids is 1. The van der Waals surface area contributed by atoms with Crippen LogP contribution >= 0.6 is 0 Å². The number of nitrogens with zero attached hydrogens (tertiary/aromatic N) is 4. The quantitative estimate of drug-likeness (QED) is 0.246. The number of rotatable bonds is 14. The van der Waals surface area contributed by atoms with Gasteiger partial charge >= 0.3 is 0 Å². The van der Waals surface area contributed by atoms with Gasteiger partial charge in [0.05, 0.1) is 22.6 Å². The third-order valence-electron chi connectivity index (χ3n) is 6.83. The van der Waals surface area contributed by atoms with Crippen LogP contribution in [0.25, 0.3) is 16.6 Å². The molecule has 0 saturated carbocycles. The maximum Gasteiger partial charge on any atom is 0.266 e. The average molecular weight is 509 g/mol. The van der Waals surface area contributed by atoms with Gasteiger partial charge in [-0.15, -0.1) is 0 Å². The van der Waals surface area contributed by atoms with Crippen molar-refractivity contribution in [2.24, 2.45) is 0 Å². The highest BCUT2D eigenvalue weighted by molar-refractivity contribution is 5.79. The molecule has 3 rings (SSSR count). The van der Waals surface area contributed by atoms with Crippen LogP contribution in [0.4, 0.5) is 4.39 Å². The average Bonchev–Trinajstić information content (AvgIpc) is 2.88. The van der Waals surface area contributed by atoms with E-state index in [1.54, 1.807) is 24.3 Å². The summed E-state index contributed by atoms with van der Waals surface area (Å²) in [6, 6.07) is 12.6. The van der Waals surface area contributed by atoms with Crippen LogP contribution in [0.2, 0.25) is 0 Å². The molecule has 2 aromatic carbocycles. The summed E-state index contributed by atoms with van der Waals surface area (Å²) in [5.41, 5.74) is 0.879. The Morgan fingerprint density at radius 3 is 2.27 bits per heavy atom. The predicted octanol–water partition coefficient (Wildman–Crippen LogP) is 6.12. The summed E-state index contributed by atoms with van der Waals surface area (Å²) < 4.78 is 15.2. The molecule has 0 unspecified atom stereocenters. The van der Waals surface area contributed by atoms with Gasteiger partial charge in [0.15, 0.2) is 0 Å². The number of hydrogen-bond donors (Lipinski definition) is 0. The lowest BCUT2D eigenvalue weighted by Crippen LogP contribution is -2.40. The van der Waals surface area contributed by atoms with Crippen molar-refractivity contribution < 1.29 is 9.18 Å². The van der Waals surface area contributed by atoms with Crippen molar-refractivity contribution in [1.29, 1.82) is 0 Å². The molecule has 6 nitrogen and oxygen atoms in total. The minimum atomic E-state index is -0.445. The number of aromatic nitrogens is 2. The first kappa shape index (κ1) is 28.5. The maximum absolute atomic E-state index is 13.7. The van der Waals surface area contributed by atoms with Crippen LogP contribution in [-0.2, 0) is 4.79 Å². The molecule has 7 heteroatoms. The standard InChI is InChI=1S/C30H41FN4O2/c1-5-6-7-8-9-10-11-16-28(36)34(22-21-33(3)4)23(2)29-32-27-15-13-12-14-26(27)30(37)35(29)25-19-17-24(31)18-20-25/h12-15,17-20,23H,5-11,16,21-22H2,1-4H3/t23-/m1/s1. The Labute approximate surface area is 220 Å². The lowest BCUT2D eigenvalue weighted by atomic mass is 10.1. The summed E-state index contributed by atoms with van der Waals surface area (Å²) in [5.74, 6) is 0.163. The van der Waals surface area contributed by atoms with Crippen LogP contribution in [0.5, 0.6) is 0 Å². The lowest BCUT2D eigenvalue weighted by Gasteiger charge is -2.31. The van der Waals surface area contributed by atoms with Gasteiger partial charge in [0.25, 0.3) is 5.56 Å². The van der Waals surface area contributed by atoms with E-state index in [1.807, 2.05) is 43.0 Å². The number of likely N-dealkylation sites (N-methyl/N-ethyl adjacent to an activating group) is 1. The first-order chi connectivity index (χ1) is 17.8. The molecule has 0 saturated heterocycles. The highest BCUT2D eigenvalue weighted by atomic mass is 19.1. The third kappa shape index (κ3) is 7.71. The van der Waals surface area contributed by atoms with Crippen LogP contribution in [-0.4, -0.2) is 52.4 Å². The Balaban J connectivity index is 1.93. The summed E-state index contributed by atoms with van der Waals surface area (Å²) in [6.45, 7) is 5.36. The number of fused-ring (bicyclic) bond motifs is 1. The molecule has 0 fully saturated rings. The number of amides is 1. The van der Waals surface area contributed by atoms with Gasteiger partial charge in [0.2, 0.25) is 5.91 Å². The molecule has 1 atom stereocenters. The normalized spacial score (nSPS) is 12.3. The SMILES string of the molecule is CCCCCCCCCC(=O)N(CCN(C)C)[C@H](C)c1nc2ccccc2c(=O)n1-c1ccc(F)cc1. The third-order valence-corrected chi connectivity index (χ3v) is 6.83. The molecule has 37 heavy (non-hydrogen) atoms. The van der Waals surface area contributed by atoms with Crippen molar-refractivity contribution in [1.82, 2.24) is 19.4 Å². The van der Waals surface area contributed by atoms with E-state index in [1.165, 1.54) is 42.4 Å². The first-order valence-corrected chi connectivity index (χ1v) is 13.5. The fourth-order valence-electron chi connectivity index (χ4n) is 4.63. The van der Waals surface area contributed by atoms with Crippen LogP contribution in [0, 0.1) is 5.82 Å². The molecule has 1 heterocycles. The van der Waals surface area contributed by atoms with Gasteiger partial charge < -0.3 is 9.80 Å². The Morgan fingerprint density at radius 1 is 0.946 bits per heavy atom. The van der Waals surface area contributed by atoms with E-state index in [9.17, 15) is 14.0 Å². The smallest absolute Gasteiger partial charge is 0.266 e. The van der Waals surface area contributed by atoms with Gasteiger partial charge in [-0.1, -0.05) is 57.6 Å². The second-order valence-electron chi connectivity index (χ2n) is 10.0. The minimum Gasteiger partial charge on any atom is -0.331 e. The van der Waals surface area contributed by atoms with Crippen molar-refractivity contribution >= 4 is 16.8 Å². The Hall–Kier alpha value is -3.06. The Bertz CT molecular complexity index is 1210. The van der Waals surface area contributed by atoms with Crippen LogP contribution in [0.15, 0.2) is 53.3 Å². The molecule has 200 valence electrons. The minimum absolute atomic E-state index is 0.0657. The highest BCUT2D eigenvalue weighted by Gasteiger charge is 2.26. The number of carbonyl (C=O) groups is 1. The molecule has 0 aliphatic heterocycles. The number of benzene rings is 2. The maximum atomic E-state index is 13.7. The molecular weight excluding hydrogens is 467 g/mol. The van der Waals surface area contributed by atoms with Crippen molar-refractivity contribution in [3.8, 4) is 5.69 Å². The van der Waals surface area contributed by atoms with Gasteiger partial charge in [-0.2, -0.15) is 0 Å².